The van der Waals surface area contributed by atoms with Gasteiger partial charge in [0.2, 0.25) is 11.8 Å². The zero-order chi connectivity index (χ0) is 65.9. The van der Waals surface area contributed by atoms with Gasteiger partial charge in [0, 0.05) is 89.6 Å². The van der Waals surface area contributed by atoms with Crippen molar-refractivity contribution in [3.8, 4) is 0 Å². The van der Waals surface area contributed by atoms with Gasteiger partial charge in [-0.3, -0.25) is 52.1 Å². The van der Waals surface area contributed by atoms with E-state index in [-0.39, 0.29) is 154 Å². The minimum atomic E-state index is -0.739. The molecule has 94 heavy (non-hydrogen) atoms. The molecule has 3 saturated heterocycles. The van der Waals surface area contributed by atoms with E-state index in [2.05, 4.69) is 105 Å². The van der Waals surface area contributed by atoms with Crippen molar-refractivity contribution in [2.75, 3.05) is 93.1 Å². The van der Waals surface area contributed by atoms with E-state index in [1.165, 1.54) is 19.0 Å². The van der Waals surface area contributed by atoms with Gasteiger partial charge in [-0.2, -0.15) is 0 Å². The number of amides is 5. The molecule has 494 valence electrons. The van der Waals surface area contributed by atoms with Gasteiger partial charge in [0.15, 0.2) is 23.3 Å². The summed E-state index contributed by atoms with van der Waals surface area (Å²) < 4.78 is 5.37. The van der Waals surface area contributed by atoms with Crippen LogP contribution in [0.2, 0.25) is 15.1 Å². The molecular weight excluding hydrogens is 1360 g/mol. The Labute approximate surface area is 584 Å². The number of nitrogens with two attached hydrogens (primary N) is 2. The first kappa shape index (κ1) is 71.1. The molecule has 0 unspecified atom stereocenters. The topological polar surface area (TPSA) is 405 Å². The zero-order valence-electron chi connectivity index (χ0n) is 52.7. The number of hydrogen-bond donors (Lipinski definition) is 9. The van der Waals surface area contributed by atoms with Crippen LogP contribution in [0, 0.1) is 32.6 Å². The Bertz CT molecular complexity index is 4200. The summed E-state index contributed by atoms with van der Waals surface area (Å²) in [4.78, 5) is 130. The van der Waals surface area contributed by atoms with Crippen molar-refractivity contribution >= 4 is 127 Å². The molecule has 12 heterocycles. The van der Waals surface area contributed by atoms with Crippen molar-refractivity contribution in [2.45, 2.75) is 102 Å². The predicted octanol–water partition coefficient (Wildman–Crippen LogP) is 1.79. The van der Waals surface area contributed by atoms with E-state index < -0.39 is 17.0 Å². The summed E-state index contributed by atoms with van der Waals surface area (Å²) >= 11 is 21.7. The van der Waals surface area contributed by atoms with E-state index in [1.54, 1.807) is 45.7 Å². The Hall–Kier alpha value is -7.17. The maximum Gasteiger partial charge on any atom is 1.00 e. The van der Waals surface area contributed by atoms with Crippen LogP contribution in [0.25, 0.3) is 0 Å². The average Bonchev–Trinajstić information content (AvgIpc) is 1.56. The predicted molar refractivity (Wildman–Crippen MR) is 352 cm³/mol. The van der Waals surface area contributed by atoms with E-state index >= 15 is 0 Å². The second kappa shape index (κ2) is 28.3. The van der Waals surface area contributed by atoms with Crippen molar-refractivity contribution < 1.29 is 59.0 Å². The molecule has 3 spiro atoms. The number of piperidine rings is 3. The Morgan fingerprint density at radius 1 is 0.500 bits per heavy atom. The van der Waals surface area contributed by atoms with Crippen LogP contribution in [0.4, 0.5) is 46.3 Å². The molecule has 2 saturated carbocycles. The fourth-order valence-corrected chi connectivity index (χ4v) is 13.3. The van der Waals surface area contributed by atoms with Gasteiger partial charge >= 0.3 is 29.6 Å². The van der Waals surface area contributed by atoms with E-state index in [0.717, 1.165) is 83.4 Å². The Balaban J connectivity index is 0.000000153. The standard InChI is InChI=1S/C21H24ClN7O3.C17H20ClN7O2.C13H16BrN3O2.C8H9ClN4O.Na.H2O/c1-11-9-13(25-16-14(22)17(24-10-23-16)26-18(30)12-3-4-12)20(32)29-15(11)19(31)27-21(29)5-7-28(2)8-6-21;1-9-7-10(22-14-11(18)13(19)20-8-21-14)16(27)25-12(9)15(26)23-17(25)3-5-24(2)6-4-17;1-8-7-9(14)12(19)17-10(8)11(18)15-13(17)3-5-16(2)6-4-13;9-5-6(10)11-3-12-7(5)13-8(14)4-1-2-4;;/h9-10,12H,3-8H2,1-2H3,(H,27,31)(H2,23,24,25,26,30);7-8H,3-6H2,1-2H3,(H,23,26)(H3,19,20,21,22);7H,3-6H2,1-2H3,(H,15,18);3-4H,1-2H2,(H3,10,11,12,13,14);;1H2/q;;;;+1;/p-1. The van der Waals surface area contributed by atoms with Crippen molar-refractivity contribution in [3.05, 3.63) is 122 Å². The Morgan fingerprint density at radius 2 is 0.798 bits per heavy atom. The van der Waals surface area contributed by atoms with Gasteiger partial charge in [-0.15, -0.1) is 0 Å². The molecule has 6 aliphatic heterocycles. The van der Waals surface area contributed by atoms with Crippen molar-refractivity contribution in [1.82, 2.24) is 74.3 Å². The summed E-state index contributed by atoms with van der Waals surface area (Å²) in [5.74, 6) is 0.582. The summed E-state index contributed by atoms with van der Waals surface area (Å²) in [6.45, 7) is 10.3. The molecule has 5 amide bonds. The number of fused-ring (bicyclic) bond motifs is 6. The van der Waals surface area contributed by atoms with Gasteiger partial charge in [0.25, 0.3) is 34.4 Å². The molecule has 6 aromatic rings. The number of hydrogen-bond acceptors (Lipinski definition) is 22. The number of halogens is 4. The van der Waals surface area contributed by atoms with Crippen LogP contribution in [-0.2, 0) is 26.6 Å². The van der Waals surface area contributed by atoms with Crippen LogP contribution in [0.5, 0.6) is 0 Å². The number of rotatable bonds is 8. The number of likely N-dealkylation sites (tertiary alicyclic amines) is 3. The first-order valence-corrected chi connectivity index (χ1v) is 31.8. The van der Waals surface area contributed by atoms with Gasteiger partial charge in [-0.1, -0.05) is 34.8 Å². The molecule has 35 heteroatoms. The monoisotopic (exact) mass is 1420 g/mol. The molecule has 0 bridgehead atoms. The first-order valence-electron chi connectivity index (χ1n) is 29.9. The Morgan fingerprint density at radius 3 is 1.16 bits per heavy atom. The summed E-state index contributed by atoms with van der Waals surface area (Å²) in [6.07, 6.45) is 11.5. The maximum atomic E-state index is 13.5. The van der Waals surface area contributed by atoms with E-state index in [4.69, 9.17) is 46.3 Å². The van der Waals surface area contributed by atoms with Crippen molar-refractivity contribution in [1.29, 1.82) is 0 Å². The average molecular weight is 1430 g/mol. The summed E-state index contributed by atoms with van der Waals surface area (Å²) in [5, 5.41) is 20.9. The van der Waals surface area contributed by atoms with Gasteiger partial charge < -0.3 is 68.9 Å². The summed E-state index contributed by atoms with van der Waals surface area (Å²) in [6, 6.07) is 4.99. The molecule has 12 N–H and O–H groups in total. The molecular formula is C59H70BrCl3N21NaO9. The maximum absolute atomic E-state index is 13.5. The molecule has 0 radical (unpaired) electrons. The van der Waals surface area contributed by atoms with E-state index in [0.29, 0.717) is 58.4 Å². The Kier molecular flexibility index (Phi) is 21.4. The van der Waals surface area contributed by atoms with Gasteiger partial charge in [0.05, 0.1) is 4.47 Å². The number of aromatic nitrogens is 9. The fraction of sp³-hybridized carbons (Fsp3) is 0.458. The molecule has 0 aromatic carbocycles. The second-order valence-electron chi connectivity index (χ2n) is 24.5. The minimum Gasteiger partial charge on any atom is -0.870 e. The quantitative estimate of drug-likeness (QED) is 0.0981. The van der Waals surface area contributed by atoms with Gasteiger partial charge in [-0.05, 0) is 118 Å². The third-order valence-corrected chi connectivity index (χ3v) is 19.5. The SMILES string of the molecule is Cc1cc(Br)c(=O)n2c1C(=O)NC21CCN(C)CC1.Cc1cc(Nc2ncnc(N)c2Cl)c(=O)n2c1C(=O)NC21CCN(C)CC1.Cc1cc(Nc2ncnc(NC(=O)C3CC3)c2Cl)c(=O)n2c1C(=O)NC21CCN(C)CC1.Nc1ncnc(NC(=O)C2CC2)c1Cl.[Na+].[OH-]. The third kappa shape index (κ3) is 14.1. The van der Waals surface area contributed by atoms with Gasteiger partial charge in [-0.25, -0.2) is 29.9 Å². The summed E-state index contributed by atoms with van der Waals surface area (Å²) in [5.41, 5.74) is 12.5. The van der Waals surface area contributed by atoms with Crippen molar-refractivity contribution in [2.24, 2.45) is 11.8 Å². The molecule has 2 aliphatic carbocycles. The van der Waals surface area contributed by atoms with Crippen LogP contribution >= 0.6 is 50.7 Å². The van der Waals surface area contributed by atoms with Gasteiger partial charge in [0.1, 0.15) is 91.1 Å². The molecule has 14 rings (SSSR count). The number of carbonyl (C=O) groups is 5. The number of anilines is 8. The number of aryl methyl sites for hydroxylation is 3. The molecule has 30 nitrogen and oxygen atoms in total. The number of carbonyl (C=O) groups excluding carboxylic acids is 5. The zero-order valence-corrected chi connectivity index (χ0v) is 58.5. The smallest absolute Gasteiger partial charge is 0.870 e. The minimum absolute atomic E-state index is 0. The molecule has 0 atom stereocenters. The van der Waals surface area contributed by atoms with Crippen LogP contribution in [0.3, 0.4) is 0 Å². The van der Waals surface area contributed by atoms with Crippen molar-refractivity contribution in [3.63, 3.8) is 0 Å². The number of nitrogens with one attached hydrogen (secondary N) is 7. The van der Waals surface area contributed by atoms with Crippen LogP contribution < -0.4 is 94.9 Å². The number of nitrogen functional groups attached to an aromatic ring is 2. The number of pyridine rings is 3. The van der Waals surface area contributed by atoms with E-state index in [1.807, 2.05) is 21.0 Å². The van der Waals surface area contributed by atoms with Crippen LogP contribution in [0.15, 0.2) is 56.0 Å². The largest absolute Gasteiger partial charge is 1.00 e. The molecule has 5 fully saturated rings. The van der Waals surface area contributed by atoms with E-state index in [9.17, 15) is 38.4 Å². The van der Waals surface area contributed by atoms with Crippen LogP contribution in [-0.4, -0.2) is 154 Å². The second-order valence-corrected chi connectivity index (χ2v) is 26.5. The summed E-state index contributed by atoms with van der Waals surface area (Å²) in [7, 11) is 6.10. The third-order valence-electron chi connectivity index (χ3n) is 17.8. The molecule has 8 aliphatic rings. The first-order chi connectivity index (χ1) is 43.7. The van der Waals surface area contributed by atoms with Crippen LogP contribution in [0.1, 0.15) is 112 Å². The number of nitrogens with zero attached hydrogens (tertiary/aromatic N) is 12. The normalized spacial score (nSPS) is 18.6. The fourth-order valence-electron chi connectivity index (χ4n) is 12.3. The molecule has 6 aromatic heterocycles.